The molecule has 158 valence electrons. The molecule has 0 saturated carbocycles. The van der Waals surface area contributed by atoms with Gasteiger partial charge in [0.05, 0.1) is 22.1 Å². The lowest BCUT2D eigenvalue weighted by molar-refractivity contribution is 1.19. The van der Waals surface area contributed by atoms with Crippen LogP contribution in [0, 0.1) is 27.7 Å². The molecule has 4 rings (SSSR count). The normalized spacial score (nSPS) is 10.4. The molecule has 0 saturated heterocycles. The molecule has 0 fully saturated rings. The molecule has 0 aromatic carbocycles. The van der Waals surface area contributed by atoms with Gasteiger partial charge < -0.3 is 0 Å². The van der Waals surface area contributed by atoms with Gasteiger partial charge in [0.2, 0.25) is 0 Å². The molecule has 0 aliphatic carbocycles. The number of halogens is 3. The predicted molar refractivity (Wildman–Crippen MR) is 129 cm³/mol. The molecule has 31 heavy (non-hydrogen) atoms. The van der Waals surface area contributed by atoms with E-state index in [1.54, 1.807) is 24.4 Å². The number of hydrogen-bond donors (Lipinski definition) is 0. The van der Waals surface area contributed by atoms with E-state index in [1.807, 2.05) is 52.1 Å². The maximum absolute atomic E-state index is 6.08. The van der Waals surface area contributed by atoms with Crippen molar-refractivity contribution >= 4 is 34.8 Å². The van der Waals surface area contributed by atoms with E-state index in [4.69, 9.17) is 34.8 Å². The van der Waals surface area contributed by atoms with Crippen LogP contribution in [-0.4, -0.2) is 19.9 Å². The molecule has 4 nitrogen and oxygen atoms in total. The second kappa shape index (κ2) is 10.2. The summed E-state index contributed by atoms with van der Waals surface area (Å²) >= 11 is 17.8. The summed E-state index contributed by atoms with van der Waals surface area (Å²) in [6.45, 7) is 8.03. The first kappa shape index (κ1) is 23.1. The van der Waals surface area contributed by atoms with Crippen molar-refractivity contribution in [3.63, 3.8) is 0 Å². The lowest BCUT2D eigenvalue weighted by atomic mass is 10.1. The number of nitrogens with zero attached hydrogens (tertiary/aromatic N) is 4. The third-order valence-corrected chi connectivity index (χ3v) is 5.15. The van der Waals surface area contributed by atoms with Crippen molar-refractivity contribution in [2.24, 2.45) is 0 Å². The van der Waals surface area contributed by atoms with Gasteiger partial charge in [-0.3, -0.25) is 9.97 Å². The lowest BCUT2D eigenvalue weighted by Gasteiger charge is -2.07. The van der Waals surface area contributed by atoms with Crippen molar-refractivity contribution in [1.29, 1.82) is 0 Å². The maximum Gasteiger partial charge on any atom is 0.129 e. The van der Waals surface area contributed by atoms with E-state index < -0.39 is 0 Å². The van der Waals surface area contributed by atoms with Crippen LogP contribution in [0.4, 0.5) is 0 Å². The Morgan fingerprint density at radius 2 is 1.19 bits per heavy atom. The van der Waals surface area contributed by atoms with Crippen LogP contribution in [0.25, 0.3) is 22.8 Å². The summed E-state index contributed by atoms with van der Waals surface area (Å²) in [5.41, 5.74) is 7.53. The van der Waals surface area contributed by atoms with Crippen LogP contribution in [0.1, 0.15) is 22.3 Å². The zero-order chi connectivity index (χ0) is 22.5. The van der Waals surface area contributed by atoms with Crippen LogP contribution in [0.2, 0.25) is 15.3 Å². The van der Waals surface area contributed by atoms with Gasteiger partial charge in [-0.25, -0.2) is 9.97 Å². The van der Waals surface area contributed by atoms with E-state index in [0.717, 1.165) is 39.3 Å². The molecule has 7 heteroatoms. The fourth-order valence-electron chi connectivity index (χ4n) is 3.07. The molecule has 0 N–H and O–H groups in total. The molecule has 4 aromatic rings. The van der Waals surface area contributed by atoms with Crippen LogP contribution >= 0.6 is 34.8 Å². The van der Waals surface area contributed by atoms with Gasteiger partial charge in [0.1, 0.15) is 16.0 Å². The fraction of sp³-hybridized carbons (Fsp3) is 0.167. The minimum Gasteiger partial charge on any atom is -0.254 e. The summed E-state index contributed by atoms with van der Waals surface area (Å²) in [5.74, 6) is 0. The monoisotopic (exact) mass is 470 g/mol. The van der Waals surface area contributed by atoms with E-state index >= 15 is 0 Å². The molecule has 0 spiro atoms. The highest BCUT2D eigenvalue weighted by Crippen LogP contribution is 2.28. The van der Waals surface area contributed by atoms with E-state index in [-0.39, 0.29) is 0 Å². The molecular formula is C24H21Cl3N4. The second-order valence-corrected chi connectivity index (χ2v) is 8.35. The van der Waals surface area contributed by atoms with Gasteiger partial charge >= 0.3 is 0 Å². The van der Waals surface area contributed by atoms with Crippen molar-refractivity contribution in [1.82, 2.24) is 19.9 Å². The number of aryl methyl sites for hydroxylation is 4. The zero-order valence-corrected chi connectivity index (χ0v) is 19.9. The van der Waals surface area contributed by atoms with E-state index in [2.05, 4.69) is 26.0 Å². The Morgan fingerprint density at radius 1 is 0.613 bits per heavy atom. The van der Waals surface area contributed by atoms with Gasteiger partial charge in [-0.05, 0) is 74.2 Å². The Morgan fingerprint density at radius 3 is 1.77 bits per heavy atom. The molecule has 0 unspecified atom stereocenters. The molecular weight excluding hydrogens is 451 g/mol. The smallest absolute Gasteiger partial charge is 0.129 e. The standard InChI is InChI=1S/C12H10Cl2N2.C12H11ClN2/c1-7-5-8(2)11(15-6-7)12-9(13)3-4-10(14)16-12;1-8-6-9(2)12(14-7-8)10-4-3-5-11(13)15-10/h3-6H,1-2H3;3-7H,1-2H3. The van der Waals surface area contributed by atoms with E-state index in [9.17, 15) is 0 Å². The highest BCUT2D eigenvalue weighted by atomic mass is 35.5. The largest absolute Gasteiger partial charge is 0.254 e. The summed E-state index contributed by atoms with van der Waals surface area (Å²) in [6.07, 6.45) is 3.63. The van der Waals surface area contributed by atoms with Crippen LogP contribution in [0.3, 0.4) is 0 Å². The van der Waals surface area contributed by atoms with Crippen LogP contribution in [-0.2, 0) is 0 Å². The average molecular weight is 472 g/mol. The van der Waals surface area contributed by atoms with Crippen LogP contribution in [0.5, 0.6) is 0 Å². The molecule has 0 atom stereocenters. The Labute approximate surface area is 197 Å². The topological polar surface area (TPSA) is 51.6 Å². The quantitative estimate of drug-likeness (QED) is 0.284. The molecule has 4 heterocycles. The Bertz CT molecular complexity index is 1230. The molecule has 0 bridgehead atoms. The SMILES string of the molecule is Cc1cnc(-c2cccc(Cl)n2)c(C)c1.Cc1cnc(-c2nc(Cl)ccc2Cl)c(C)c1. The van der Waals surface area contributed by atoms with Gasteiger partial charge in [-0.15, -0.1) is 0 Å². The number of aromatic nitrogens is 4. The van der Waals surface area contributed by atoms with Crippen molar-refractivity contribution in [2.45, 2.75) is 27.7 Å². The summed E-state index contributed by atoms with van der Waals surface area (Å²) in [6, 6.07) is 13.1. The average Bonchev–Trinajstić information content (AvgIpc) is 2.71. The summed E-state index contributed by atoms with van der Waals surface area (Å²) in [7, 11) is 0. The van der Waals surface area contributed by atoms with E-state index in [0.29, 0.717) is 21.0 Å². The highest BCUT2D eigenvalue weighted by Gasteiger charge is 2.10. The Kier molecular flexibility index (Phi) is 7.60. The number of hydrogen-bond acceptors (Lipinski definition) is 4. The summed E-state index contributed by atoms with van der Waals surface area (Å²) < 4.78 is 0. The summed E-state index contributed by atoms with van der Waals surface area (Å²) in [4.78, 5) is 17.2. The highest BCUT2D eigenvalue weighted by molar-refractivity contribution is 6.34. The third-order valence-electron chi connectivity index (χ3n) is 4.42. The van der Waals surface area contributed by atoms with Gasteiger partial charge in [-0.1, -0.05) is 53.0 Å². The Balaban J connectivity index is 0.000000176. The maximum atomic E-state index is 6.08. The first-order valence-corrected chi connectivity index (χ1v) is 10.7. The second-order valence-electron chi connectivity index (χ2n) is 7.17. The molecule has 0 aliphatic heterocycles. The van der Waals surface area contributed by atoms with Gasteiger partial charge in [0.15, 0.2) is 0 Å². The van der Waals surface area contributed by atoms with Gasteiger partial charge in [0.25, 0.3) is 0 Å². The number of pyridine rings is 4. The molecule has 4 aromatic heterocycles. The van der Waals surface area contributed by atoms with Crippen LogP contribution in [0.15, 0.2) is 54.9 Å². The third kappa shape index (κ3) is 6.01. The van der Waals surface area contributed by atoms with Crippen molar-refractivity contribution in [3.05, 3.63) is 92.4 Å². The predicted octanol–water partition coefficient (Wildman–Crippen LogP) is 7.48. The van der Waals surface area contributed by atoms with Crippen molar-refractivity contribution in [2.75, 3.05) is 0 Å². The van der Waals surface area contributed by atoms with Crippen molar-refractivity contribution < 1.29 is 0 Å². The first-order valence-electron chi connectivity index (χ1n) is 9.56. The molecule has 0 amide bonds. The minimum absolute atomic E-state index is 0.418. The minimum atomic E-state index is 0.418. The Hall–Kier alpha value is -2.53. The number of rotatable bonds is 2. The zero-order valence-electron chi connectivity index (χ0n) is 17.6. The van der Waals surface area contributed by atoms with Gasteiger partial charge in [-0.2, -0.15) is 0 Å². The summed E-state index contributed by atoms with van der Waals surface area (Å²) in [5, 5.41) is 1.47. The van der Waals surface area contributed by atoms with Crippen LogP contribution < -0.4 is 0 Å². The lowest BCUT2D eigenvalue weighted by Crippen LogP contribution is -1.93. The van der Waals surface area contributed by atoms with E-state index in [1.165, 1.54) is 0 Å². The molecule has 0 radical (unpaired) electrons. The van der Waals surface area contributed by atoms with Crippen molar-refractivity contribution in [3.8, 4) is 22.8 Å². The van der Waals surface area contributed by atoms with Gasteiger partial charge in [0, 0.05) is 12.4 Å². The fourth-order valence-corrected chi connectivity index (χ4v) is 3.58. The first-order chi connectivity index (χ1) is 14.7. The molecule has 0 aliphatic rings.